The number of aromatic nitrogens is 1. The first-order chi connectivity index (χ1) is 17.0. The van der Waals surface area contributed by atoms with Gasteiger partial charge in [0.1, 0.15) is 11.4 Å². The van der Waals surface area contributed by atoms with E-state index < -0.39 is 6.10 Å². The number of ketones is 1. The van der Waals surface area contributed by atoms with Crippen LogP contribution >= 0.6 is 22.7 Å². The maximum atomic E-state index is 13.3. The average molecular weight is 511 g/mol. The number of hydrogen-bond donors (Lipinski definition) is 1. The highest BCUT2D eigenvalue weighted by molar-refractivity contribution is 7.14. The molecule has 180 valence electrons. The standard InChI is InChI=1S/C24H22N4O5S2/c29-19-13-27(11-9-25-19)20(30)8-3-10-28(23(32)18-7-4-12-34-18)24-26-16(14-35-24)22-21(31)15-5-1-2-6-17(15)33-22/h1-2,4-7,12,14,22H,3,8-11,13H2,(H,25,29). The highest BCUT2D eigenvalue weighted by Gasteiger charge is 2.36. The number of carbonyl (C=O) groups excluding carboxylic acids is 4. The number of para-hydroxylation sites is 1. The number of benzene rings is 1. The van der Waals surface area contributed by atoms with Crippen molar-refractivity contribution in [2.24, 2.45) is 0 Å². The maximum absolute atomic E-state index is 13.3. The Bertz CT molecular complexity index is 1270. The van der Waals surface area contributed by atoms with Crippen molar-refractivity contribution in [3.8, 4) is 5.75 Å². The quantitative estimate of drug-likeness (QED) is 0.524. The molecule has 1 atom stereocenters. The second-order valence-electron chi connectivity index (χ2n) is 8.12. The highest BCUT2D eigenvalue weighted by atomic mass is 32.1. The summed E-state index contributed by atoms with van der Waals surface area (Å²) in [6.45, 7) is 1.26. The molecule has 1 aromatic carbocycles. The van der Waals surface area contributed by atoms with Crippen LogP contribution in [0.4, 0.5) is 5.13 Å². The first-order valence-electron chi connectivity index (χ1n) is 11.2. The van der Waals surface area contributed by atoms with Crippen LogP contribution in [0.25, 0.3) is 0 Å². The number of carbonyl (C=O) groups is 4. The Labute approximate surface area is 209 Å². The van der Waals surface area contributed by atoms with Crippen molar-refractivity contribution in [2.75, 3.05) is 31.1 Å². The van der Waals surface area contributed by atoms with E-state index >= 15 is 0 Å². The van der Waals surface area contributed by atoms with Crippen LogP contribution in [0.3, 0.4) is 0 Å². The summed E-state index contributed by atoms with van der Waals surface area (Å²) in [5.41, 5.74) is 0.967. The molecule has 9 nitrogen and oxygen atoms in total. The number of amides is 3. The molecule has 11 heteroatoms. The maximum Gasteiger partial charge on any atom is 0.270 e. The van der Waals surface area contributed by atoms with Gasteiger partial charge in [-0.1, -0.05) is 18.2 Å². The molecular formula is C24H22N4O5S2. The lowest BCUT2D eigenvalue weighted by Crippen LogP contribution is -2.50. The molecule has 5 rings (SSSR count). The van der Waals surface area contributed by atoms with Gasteiger partial charge in [0.25, 0.3) is 5.91 Å². The summed E-state index contributed by atoms with van der Waals surface area (Å²) in [5.74, 6) is -0.142. The van der Waals surface area contributed by atoms with Crippen molar-refractivity contribution < 1.29 is 23.9 Å². The summed E-state index contributed by atoms with van der Waals surface area (Å²) in [6, 6.07) is 10.6. The number of thiazole rings is 1. The third-order valence-electron chi connectivity index (χ3n) is 5.79. The van der Waals surface area contributed by atoms with Crippen LogP contribution < -0.4 is 15.0 Å². The van der Waals surface area contributed by atoms with Gasteiger partial charge in [-0.25, -0.2) is 4.98 Å². The van der Waals surface area contributed by atoms with Crippen molar-refractivity contribution in [2.45, 2.75) is 18.9 Å². The fourth-order valence-corrected chi connectivity index (χ4v) is 5.56. The minimum Gasteiger partial charge on any atom is -0.475 e. The molecule has 1 fully saturated rings. The van der Waals surface area contributed by atoms with Crippen LogP contribution in [0.1, 0.15) is 44.7 Å². The SMILES string of the molecule is O=C1CN(C(=O)CCCN(C(=O)c2cccs2)c2nc(C3Oc4ccccc4C3=O)cs2)CCN1. The molecule has 0 spiro atoms. The molecule has 4 heterocycles. The second-order valence-corrected chi connectivity index (χ2v) is 9.90. The van der Waals surface area contributed by atoms with E-state index in [9.17, 15) is 19.2 Å². The Morgan fingerprint density at radius 1 is 1.17 bits per heavy atom. The molecule has 0 radical (unpaired) electrons. The number of Topliss-reactive ketones (excluding diaryl/α,β-unsaturated/α-hetero) is 1. The van der Waals surface area contributed by atoms with Gasteiger partial charge in [0, 0.05) is 31.4 Å². The monoisotopic (exact) mass is 510 g/mol. The number of hydrogen-bond acceptors (Lipinski definition) is 8. The predicted octanol–water partition coefficient (Wildman–Crippen LogP) is 2.91. The van der Waals surface area contributed by atoms with Crippen molar-refractivity contribution in [3.63, 3.8) is 0 Å². The van der Waals surface area contributed by atoms with Crippen molar-refractivity contribution >= 4 is 51.3 Å². The summed E-state index contributed by atoms with van der Waals surface area (Å²) in [7, 11) is 0. The number of nitrogens with one attached hydrogen (secondary N) is 1. The van der Waals surface area contributed by atoms with E-state index in [1.807, 2.05) is 5.38 Å². The zero-order valence-corrected chi connectivity index (χ0v) is 20.3. The van der Waals surface area contributed by atoms with Gasteiger partial charge in [0.05, 0.1) is 17.0 Å². The molecule has 1 saturated heterocycles. The molecule has 3 aromatic rings. The number of piperazine rings is 1. The average Bonchev–Trinajstić information content (AvgIpc) is 3.62. The molecular weight excluding hydrogens is 488 g/mol. The first-order valence-corrected chi connectivity index (χ1v) is 12.9. The summed E-state index contributed by atoms with van der Waals surface area (Å²) in [4.78, 5) is 58.4. The topological polar surface area (TPSA) is 109 Å². The molecule has 0 bridgehead atoms. The largest absolute Gasteiger partial charge is 0.475 e. The predicted molar refractivity (Wildman–Crippen MR) is 131 cm³/mol. The van der Waals surface area contributed by atoms with E-state index in [2.05, 4.69) is 10.3 Å². The zero-order valence-electron chi connectivity index (χ0n) is 18.6. The fraction of sp³-hybridized carbons (Fsp3) is 0.292. The highest BCUT2D eigenvalue weighted by Crippen LogP contribution is 2.38. The van der Waals surface area contributed by atoms with E-state index in [-0.39, 0.29) is 43.0 Å². The minimum absolute atomic E-state index is 0.0598. The lowest BCUT2D eigenvalue weighted by Gasteiger charge is -2.27. The van der Waals surface area contributed by atoms with Crippen molar-refractivity contribution in [3.05, 3.63) is 63.3 Å². The molecule has 2 aliphatic rings. The van der Waals surface area contributed by atoms with Crippen molar-refractivity contribution in [1.29, 1.82) is 0 Å². The normalized spacial score (nSPS) is 17.0. The molecule has 0 aliphatic carbocycles. The lowest BCUT2D eigenvalue weighted by atomic mass is 10.1. The summed E-state index contributed by atoms with van der Waals surface area (Å²) >= 11 is 2.58. The van der Waals surface area contributed by atoms with Crippen LogP contribution in [0.5, 0.6) is 5.75 Å². The van der Waals surface area contributed by atoms with E-state index in [1.165, 1.54) is 27.6 Å². The van der Waals surface area contributed by atoms with Gasteiger partial charge in [-0.2, -0.15) is 0 Å². The summed E-state index contributed by atoms with van der Waals surface area (Å²) in [5, 5.41) is 6.70. The number of anilines is 1. The van der Waals surface area contributed by atoms with Gasteiger partial charge >= 0.3 is 0 Å². The Kier molecular flexibility index (Phi) is 6.60. The van der Waals surface area contributed by atoms with Gasteiger partial charge < -0.3 is 15.0 Å². The first kappa shape index (κ1) is 23.2. The third kappa shape index (κ3) is 4.82. The number of fused-ring (bicyclic) bond motifs is 1. The number of ether oxygens (including phenoxy) is 1. The van der Waals surface area contributed by atoms with E-state index in [0.29, 0.717) is 46.5 Å². The van der Waals surface area contributed by atoms with Crippen LogP contribution in [-0.4, -0.2) is 59.6 Å². The Morgan fingerprint density at radius 2 is 2.03 bits per heavy atom. The van der Waals surface area contributed by atoms with Crippen LogP contribution in [0.2, 0.25) is 0 Å². The number of rotatable bonds is 7. The van der Waals surface area contributed by atoms with Crippen LogP contribution in [-0.2, 0) is 9.59 Å². The number of nitrogens with zero attached hydrogens (tertiary/aromatic N) is 3. The van der Waals surface area contributed by atoms with E-state index in [0.717, 1.165) is 0 Å². The fourth-order valence-electron chi connectivity index (χ4n) is 4.03. The van der Waals surface area contributed by atoms with E-state index in [4.69, 9.17) is 4.74 Å². The molecule has 1 N–H and O–H groups in total. The zero-order chi connectivity index (χ0) is 24.4. The lowest BCUT2D eigenvalue weighted by molar-refractivity contribution is -0.138. The van der Waals surface area contributed by atoms with Gasteiger partial charge in [0.15, 0.2) is 5.13 Å². The smallest absolute Gasteiger partial charge is 0.270 e. The molecule has 0 saturated carbocycles. The second kappa shape index (κ2) is 9.96. The van der Waals surface area contributed by atoms with Crippen LogP contribution in [0.15, 0.2) is 47.2 Å². The minimum atomic E-state index is -0.845. The molecule has 2 aromatic heterocycles. The molecule has 3 amide bonds. The summed E-state index contributed by atoms with van der Waals surface area (Å²) < 4.78 is 5.83. The van der Waals surface area contributed by atoms with Gasteiger partial charge in [-0.15, -0.1) is 22.7 Å². The Morgan fingerprint density at radius 3 is 2.80 bits per heavy atom. The van der Waals surface area contributed by atoms with Gasteiger partial charge in [0.2, 0.25) is 23.7 Å². The van der Waals surface area contributed by atoms with Gasteiger partial charge in [-0.3, -0.25) is 24.1 Å². The molecule has 35 heavy (non-hydrogen) atoms. The number of thiophene rings is 1. The van der Waals surface area contributed by atoms with E-state index in [1.54, 1.807) is 46.7 Å². The van der Waals surface area contributed by atoms with Crippen LogP contribution in [0, 0.1) is 0 Å². The summed E-state index contributed by atoms with van der Waals surface area (Å²) in [6.07, 6.45) is -0.227. The molecule has 1 unspecified atom stereocenters. The van der Waals surface area contributed by atoms with Crippen molar-refractivity contribution in [1.82, 2.24) is 15.2 Å². The Hall–Kier alpha value is -3.57. The van der Waals surface area contributed by atoms with Gasteiger partial charge in [-0.05, 0) is 30.0 Å². The third-order valence-corrected chi connectivity index (χ3v) is 7.53. The Balaban J connectivity index is 1.30. The molecule has 2 aliphatic heterocycles.